The van der Waals surface area contributed by atoms with Crippen molar-refractivity contribution in [2.24, 2.45) is 5.73 Å². The third kappa shape index (κ3) is 4.41. The zero-order valence-electron chi connectivity index (χ0n) is 9.90. The Morgan fingerprint density at radius 1 is 1.35 bits per heavy atom. The first-order valence-corrected chi connectivity index (χ1v) is 8.26. The first kappa shape index (κ1) is 14.7. The number of benzene rings is 1. The molecule has 96 valence electrons. The van der Waals surface area contributed by atoms with Crippen LogP contribution in [0.15, 0.2) is 28.7 Å². The van der Waals surface area contributed by atoms with Gasteiger partial charge in [0.25, 0.3) is 0 Å². The van der Waals surface area contributed by atoms with Crippen molar-refractivity contribution in [3.05, 3.63) is 34.3 Å². The van der Waals surface area contributed by atoms with Crippen molar-refractivity contribution in [1.29, 1.82) is 0 Å². The van der Waals surface area contributed by atoms with Crippen LogP contribution >= 0.6 is 15.9 Å². The molecule has 0 amide bonds. The Labute approximate surface area is 111 Å². The Morgan fingerprint density at radius 3 is 2.53 bits per heavy atom. The normalized spacial score (nSPS) is 13.6. The summed E-state index contributed by atoms with van der Waals surface area (Å²) in [5.74, 6) is 0.486. The van der Waals surface area contributed by atoms with Crippen LogP contribution in [0, 0.1) is 0 Å². The van der Waals surface area contributed by atoms with Crippen molar-refractivity contribution in [2.45, 2.75) is 19.3 Å². The lowest BCUT2D eigenvalue weighted by molar-refractivity contribution is 0.585. The lowest BCUT2D eigenvalue weighted by Gasteiger charge is -2.16. The molecule has 0 aliphatic heterocycles. The zero-order chi connectivity index (χ0) is 12.9. The Hall–Kier alpha value is -0.390. The van der Waals surface area contributed by atoms with Crippen molar-refractivity contribution in [3.8, 4) is 0 Å². The van der Waals surface area contributed by atoms with E-state index in [4.69, 9.17) is 5.73 Å². The van der Waals surface area contributed by atoms with Crippen LogP contribution in [0.5, 0.6) is 0 Å². The Morgan fingerprint density at radius 2 is 2.00 bits per heavy atom. The molecule has 0 aliphatic rings. The van der Waals surface area contributed by atoms with E-state index in [0.29, 0.717) is 13.0 Å². The second-order valence-electron chi connectivity index (χ2n) is 3.98. The molecule has 0 aromatic heterocycles. The van der Waals surface area contributed by atoms with Gasteiger partial charge in [0, 0.05) is 10.2 Å². The highest BCUT2D eigenvalue weighted by molar-refractivity contribution is 9.10. The maximum atomic E-state index is 11.5. The first-order valence-electron chi connectivity index (χ1n) is 5.65. The molecule has 3 nitrogen and oxygen atoms in total. The zero-order valence-corrected chi connectivity index (χ0v) is 12.3. The molecule has 17 heavy (non-hydrogen) atoms. The molecule has 0 saturated heterocycles. The summed E-state index contributed by atoms with van der Waals surface area (Å²) >= 11 is 3.47. The fourth-order valence-corrected chi connectivity index (χ4v) is 3.21. The Kier molecular flexibility index (Phi) is 5.62. The lowest BCUT2D eigenvalue weighted by atomic mass is 9.97. The molecule has 0 heterocycles. The van der Waals surface area contributed by atoms with Crippen LogP contribution in [0.4, 0.5) is 0 Å². The highest BCUT2D eigenvalue weighted by Crippen LogP contribution is 2.26. The van der Waals surface area contributed by atoms with Gasteiger partial charge in [0.2, 0.25) is 0 Å². The molecular formula is C12H18BrNO2S. The van der Waals surface area contributed by atoms with Gasteiger partial charge in [-0.15, -0.1) is 0 Å². The largest absolute Gasteiger partial charge is 0.330 e. The second-order valence-corrected chi connectivity index (χ2v) is 7.31. The quantitative estimate of drug-likeness (QED) is 0.875. The van der Waals surface area contributed by atoms with E-state index in [1.165, 1.54) is 0 Å². The van der Waals surface area contributed by atoms with Crippen LogP contribution in [-0.4, -0.2) is 26.5 Å². The SMILES string of the molecule is CCS(=O)(=O)CCC(CN)c1ccccc1Br. The molecule has 1 rings (SSSR count). The third-order valence-electron chi connectivity index (χ3n) is 2.85. The van der Waals surface area contributed by atoms with E-state index < -0.39 is 9.84 Å². The maximum absolute atomic E-state index is 11.5. The van der Waals surface area contributed by atoms with Crippen LogP contribution in [0.3, 0.4) is 0 Å². The van der Waals surface area contributed by atoms with Gasteiger partial charge >= 0.3 is 0 Å². The predicted molar refractivity (Wildman–Crippen MR) is 74.9 cm³/mol. The van der Waals surface area contributed by atoms with E-state index in [-0.39, 0.29) is 17.4 Å². The smallest absolute Gasteiger partial charge is 0.150 e. The molecule has 1 atom stereocenters. The maximum Gasteiger partial charge on any atom is 0.150 e. The summed E-state index contributed by atoms with van der Waals surface area (Å²) in [4.78, 5) is 0. The first-order chi connectivity index (χ1) is 8.00. The fourth-order valence-electron chi connectivity index (χ4n) is 1.67. The van der Waals surface area contributed by atoms with Gasteiger partial charge in [-0.25, -0.2) is 8.42 Å². The van der Waals surface area contributed by atoms with E-state index >= 15 is 0 Å². The second kappa shape index (κ2) is 6.52. The van der Waals surface area contributed by atoms with Crippen LogP contribution in [-0.2, 0) is 9.84 Å². The van der Waals surface area contributed by atoms with Gasteiger partial charge in [-0.2, -0.15) is 0 Å². The van der Waals surface area contributed by atoms with Gasteiger partial charge in [-0.3, -0.25) is 0 Å². The van der Waals surface area contributed by atoms with E-state index in [1.54, 1.807) is 6.92 Å². The average molecular weight is 320 g/mol. The van der Waals surface area contributed by atoms with Gasteiger partial charge in [0.15, 0.2) is 0 Å². The Balaban J connectivity index is 2.77. The molecule has 1 unspecified atom stereocenters. The lowest BCUT2D eigenvalue weighted by Crippen LogP contribution is -2.18. The summed E-state index contributed by atoms with van der Waals surface area (Å²) in [5.41, 5.74) is 6.81. The molecule has 2 N–H and O–H groups in total. The molecule has 1 aromatic carbocycles. The highest BCUT2D eigenvalue weighted by atomic mass is 79.9. The highest BCUT2D eigenvalue weighted by Gasteiger charge is 2.16. The van der Waals surface area contributed by atoms with Gasteiger partial charge < -0.3 is 5.73 Å². The van der Waals surface area contributed by atoms with Crippen molar-refractivity contribution in [3.63, 3.8) is 0 Å². The number of hydrogen-bond donors (Lipinski definition) is 1. The predicted octanol–water partition coefficient (Wildman–Crippen LogP) is 2.32. The van der Waals surface area contributed by atoms with Gasteiger partial charge in [-0.1, -0.05) is 41.1 Å². The fraction of sp³-hybridized carbons (Fsp3) is 0.500. The van der Waals surface area contributed by atoms with Gasteiger partial charge in [0.1, 0.15) is 9.84 Å². The van der Waals surface area contributed by atoms with Crippen molar-refractivity contribution in [1.82, 2.24) is 0 Å². The number of rotatable bonds is 6. The van der Waals surface area contributed by atoms with Crippen molar-refractivity contribution in [2.75, 3.05) is 18.1 Å². The van der Waals surface area contributed by atoms with Crippen LogP contribution < -0.4 is 5.73 Å². The molecular weight excluding hydrogens is 302 g/mol. The number of sulfone groups is 1. The summed E-state index contributed by atoms with van der Waals surface area (Å²) in [6.07, 6.45) is 0.579. The topological polar surface area (TPSA) is 60.2 Å². The van der Waals surface area contributed by atoms with E-state index in [9.17, 15) is 8.42 Å². The average Bonchev–Trinajstić information content (AvgIpc) is 2.32. The van der Waals surface area contributed by atoms with Gasteiger partial charge in [0.05, 0.1) is 5.75 Å². The molecule has 1 aromatic rings. The summed E-state index contributed by atoms with van der Waals surface area (Å²) in [5, 5.41) is 0. The number of halogens is 1. The van der Waals surface area contributed by atoms with Crippen LogP contribution in [0.1, 0.15) is 24.8 Å². The van der Waals surface area contributed by atoms with Gasteiger partial charge in [-0.05, 0) is 30.5 Å². The molecule has 0 saturated carbocycles. The van der Waals surface area contributed by atoms with Crippen molar-refractivity contribution < 1.29 is 8.42 Å². The third-order valence-corrected chi connectivity index (χ3v) is 5.31. The molecule has 0 bridgehead atoms. The number of nitrogens with two attached hydrogens (primary N) is 1. The molecule has 0 spiro atoms. The van der Waals surface area contributed by atoms with E-state index in [2.05, 4.69) is 15.9 Å². The molecule has 0 radical (unpaired) electrons. The number of hydrogen-bond acceptors (Lipinski definition) is 3. The summed E-state index contributed by atoms with van der Waals surface area (Å²) in [7, 11) is -2.92. The van der Waals surface area contributed by atoms with E-state index in [1.807, 2.05) is 24.3 Å². The van der Waals surface area contributed by atoms with Crippen LogP contribution in [0.25, 0.3) is 0 Å². The molecule has 5 heteroatoms. The van der Waals surface area contributed by atoms with Crippen LogP contribution in [0.2, 0.25) is 0 Å². The van der Waals surface area contributed by atoms with E-state index in [0.717, 1.165) is 10.0 Å². The standard InChI is InChI=1S/C12H18BrNO2S/c1-2-17(15,16)8-7-10(9-14)11-5-3-4-6-12(11)13/h3-6,10H,2,7-9,14H2,1H3. The Bertz CT molecular complexity index is 459. The minimum atomic E-state index is -2.92. The summed E-state index contributed by atoms with van der Waals surface area (Å²) in [6.45, 7) is 2.13. The summed E-state index contributed by atoms with van der Waals surface area (Å²) in [6, 6.07) is 7.81. The summed E-state index contributed by atoms with van der Waals surface area (Å²) < 4.78 is 24.0. The monoisotopic (exact) mass is 319 g/mol. The molecule has 0 aliphatic carbocycles. The van der Waals surface area contributed by atoms with Crippen molar-refractivity contribution >= 4 is 25.8 Å². The minimum absolute atomic E-state index is 0.0897. The minimum Gasteiger partial charge on any atom is -0.330 e. The molecule has 0 fully saturated rings.